The van der Waals surface area contributed by atoms with Crippen molar-refractivity contribution in [1.29, 1.82) is 0 Å². The van der Waals surface area contributed by atoms with E-state index in [1.54, 1.807) is 17.2 Å². The number of anilines is 1. The highest BCUT2D eigenvalue weighted by Crippen LogP contribution is 2.37. The van der Waals surface area contributed by atoms with E-state index in [0.717, 1.165) is 24.8 Å². The van der Waals surface area contributed by atoms with Crippen molar-refractivity contribution in [2.24, 2.45) is 0 Å². The van der Waals surface area contributed by atoms with E-state index in [2.05, 4.69) is 20.6 Å². The first-order valence-corrected chi connectivity index (χ1v) is 12.2. The maximum Gasteiger partial charge on any atom is 0.407 e. The van der Waals surface area contributed by atoms with Crippen molar-refractivity contribution in [3.63, 3.8) is 0 Å². The smallest absolute Gasteiger partial charge is 0.407 e. The highest BCUT2D eigenvalue weighted by atomic mass is 19.1. The maximum absolute atomic E-state index is 14.9. The van der Waals surface area contributed by atoms with E-state index in [0.29, 0.717) is 36.7 Å². The number of imidazole rings is 1. The first kappa shape index (κ1) is 24.0. The van der Waals surface area contributed by atoms with Crippen LogP contribution in [0.25, 0.3) is 22.6 Å². The molecule has 2 fully saturated rings. The number of hydrogen-bond acceptors (Lipinski definition) is 6. The minimum atomic E-state index is -0.590. The molecule has 3 aromatic rings. The Balaban J connectivity index is 1.54. The summed E-state index contributed by atoms with van der Waals surface area (Å²) in [6.07, 6.45) is 5.81. The van der Waals surface area contributed by atoms with Gasteiger partial charge in [-0.25, -0.2) is 28.9 Å². The second-order valence-electron chi connectivity index (χ2n) is 10.2. The van der Waals surface area contributed by atoms with E-state index in [9.17, 15) is 14.0 Å². The second kappa shape index (κ2) is 9.36. The van der Waals surface area contributed by atoms with E-state index in [1.807, 2.05) is 31.4 Å². The van der Waals surface area contributed by atoms with Gasteiger partial charge in [-0.05, 0) is 58.6 Å². The molecule has 0 spiro atoms. The number of ether oxygens (including phenoxy) is 1. The van der Waals surface area contributed by atoms with Crippen molar-refractivity contribution in [3.8, 4) is 11.5 Å². The number of amides is 3. The third kappa shape index (κ3) is 4.82. The Labute approximate surface area is 208 Å². The second-order valence-corrected chi connectivity index (χ2v) is 10.2. The number of aromatic nitrogens is 4. The standard InChI is InChI=1S/C25H30FN7O3/c1-25(2,3)36-24(35)30-15-6-4-7-16(12-15)33-19-13-20(32-11-10-28-23(32)34)29-14-18(19)31-22(33)21-17(26)8-5-9-27-21/h5,8-9,13-16H,4,6-7,10-12H2,1-3H3,(H,28,34)(H,30,35)/t15-,16+/m0/s1. The number of carbonyl (C=O) groups excluding carboxylic acids is 2. The van der Waals surface area contributed by atoms with Crippen molar-refractivity contribution in [2.45, 2.75) is 64.1 Å². The van der Waals surface area contributed by atoms with Gasteiger partial charge in [-0.15, -0.1) is 0 Å². The molecule has 11 heteroatoms. The fourth-order valence-corrected chi connectivity index (χ4v) is 4.92. The van der Waals surface area contributed by atoms with Gasteiger partial charge in [0.1, 0.15) is 22.6 Å². The summed E-state index contributed by atoms with van der Waals surface area (Å²) in [4.78, 5) is 39.7. The molecule has 36 heavy (non-hydrogen) atoms. The predicted molar refractivity (Wildman–Crippen MR) is 132 cm³/mol. The summed E-state index contributed by atoms with van der Waals surface area (Å²) in [5.74, 6) is 0.433. The van der Waals surface area contributed by atoms with Gasteiger partial charge < -0.3 is 19.9 Å². The molecule has 1 aliphatic heterocycles. The Kier molecular flexibility index (Phi) is 6.23. The largest absolute Gasteiger partial charge is 0.444 e. The Morgan fingerprint density at radius 2 is 2.11 bits per heavy atom. The molecule has 2 aliphatic rings. The van der Waals surface area contributed by atoms with Crippen LogP contribution in [-0.4, -0.2) is 56.4 Å². The third-order valence-electron chi connectivity index (χ3n) is 6.40. The molecule has 1 saturated heterocycles. The number of pyridine rings is 2. The Bertz CT molecular complexity index is 1300. The fourth-order valence-electron chi connectivity index (χ4n) is 4.92. The van der Waals surface area contributed by atoms with Crippen LogP contribution in [0.2, 0.25) is 0 Å². The molecule has 0 unspecified atom stereocenters. The quantitative estimate of drug-likeness (QED) is 0.562. The molecule has 2 atom stereocenters. The SMILES string of the molecule is CC(C)(C)OC(=O)N[C@H]1CCC[C@@H](n2c(-c3ncccc3F)nc3cnc(N4CCNC4=O)cc32)C1. The number of halogens is 1. The van der Waals surface area contributed by atoms with Crippen LogP contribution in [0.3, 0.4) is 0 Å². The van der Waals surface area contributed by atoms with Gasteiger partial charge >= 0.3 is 12.1 Å². The molecule has 3 aromatic heterocycles. The summed E-state index contributed by atoms with van der Waals surface area (Å²) in [6, 6.07) is 4.33. The number of nitrogens with one attached hydrogen (secondary N) is 2. The highest BCUT2D eigenvalue weighted by molar-refractivity contribution is 5.95. The zero-order valence-corrected chi connectivity index (χ0v) is 20.6. The molecular weight excluding hydrogens is 465 g/mol. The molecule has 0 aromatic carbocycles. The molecule has 5 rings (SSSR count). The number of nitrogens with zero attached hydrogens (tertiary/aromatic N) is 5. The molecule has 1 aliphatic carbocycles. The van der Waals surface area contributed by atoms with Gasteiger partial charge in [-0.3, -0.25) is 4.90 Å². The molecular formula is C25H30FN7O3. The minimum Gasteiger partial charge on any atom is -0.444 e. The summed E-state index contributed by atoms with van der Waals surface area (Å²) in [5, 5.41) is 5.78. The number of carbonyl (C=O) groups is 2. The van der Waals surface area contributed by atoms with Crippen LogP contribution in [-0.2, 0) is 4.74 Å². The molecule has 3 amide bonds. The maximum atomic E-state index is 14.9. The topological polar surface area (TPSA) is 114 Å². The van der Waals surface area contributed by atoms with Gasteiger partial charge in [0, 0.05) is 37.4 Å². The lowest BCUT2D eigenvalue weighted by Gasteiger charge is -2.32. The average molecular weight is 496 g/mol. The Hall–Kier alpha value is -3.76. The first-order valence-electron chi connectivity index (χ1n) is 12.2. The van der Waals surface area contributed by atoms with Crippen molar-refractivity contribution in [2.75, 3.05) is 18.0 Å². The zero-order valence-electron chi connectivity index (χ0n) is 20.6. The van der Waals surface area contributed by atoms with Crippen molar-refractivity contribution in [3.05, 3.63) is 36.4 Å². The van der Waals surface area contributed by atoms with Crippen LogP contribution in [0.15, 0.2) is 30.6 Å². The number of hydrogen-bond donors (Lipinski definition) is 2. The van der Waals surface area contributed by atoms with Crippen LogP contribution >= 0.6 is 0 Å². The van der Waals surface area contributed by atoms with Gasteiger partial charge in [0.2, 0.25) is 0 Å². The Morgan fingerprint density at radius 1 is 1.28 bits per heavy atom. The number of fused-ring (bicyclic) bond motifs is 1. The predicted octanol–water partition coefficient (Wildman–Crippen LogP) is 4.17. The third-order valence-corrected chi connectivity index (χ3v) is 6.40. The number of urea groups is 1. The summed E-state index contributed by atoms with van der Waals surface area (Å²) in [7, 11) is 0. The van der Waals surface area contributed by atoms with E-state index in [4.69, 9.17) is 9.72 Å². The molecule has 0 bridgehead atoms. The first-order chi connectivity index (χ1) is 17.2. The van der Waals surface area contributed by atoms with Crippen LogP contribution in [0, 0.1) is 5.82 Å². The summed E-state index contributed by atoms with van der Waals surface area (Å²) >= 11 is 0. The lowest BCUT2D eigenvalue weighted by atomic mass is 9.90. The summed E-state index contributed by atoms with van der Waals surface area (Å²) in [6.45, 7) is 6.54. The average Bonchev–Trinajstić information content (AvgIpc) is 3.41. The monoisotopic (exact) mass is 495 g/mol. The number of rotatable bonds is 4. The highest BCUT2D eigenvalue weighted by Gasteiger charge is 2.31. The van der Waals surface area contributed by atoms with Gasteiger partial charge in [0.15, 0.2) is 11.6 Å². The van der Waals surface area contributed by atoms with Crippen LogP contribution in [0.5, 0.6) is 0 Å². The minimum absolute atomic E-state index is 0.0808. The van der Waals surface area contributed by atoms with Crippen LogP contribution in [0.1, 0.15) is 52.5 Å². The van der Waals surface area contributed by atoms with Gasteiger partial charge in [0.25, 0.3) is 0 Å². The van der Waals surface area contributed by atoms with Crippen molar-refractivity contribution < 1.29 is 18.7 Å². The van der Waals surface area contributed by atoms with Gasteiger partial charge in [0.05, 0.1) is 11.7 Å². The zero-order chi connectivity index (χ0) is 25.4. The van der Waals surface area contributed by atoms with Crippen molar-refractivity contribution >= 4 is 29.0 Å². The molecule has 10 nitrogen and oxygen atoms in total. The van der Waals surface area contributed by atoms with E-state index >= 15 is 0 Å². The van der Waals surface area contributed by atoms with Crippen LogP contribution < -0.4 is 15.5 Å². The lowest BCUT2D eigenvalue weighted by molar-refractivity contribution is 0.0486. The van der Waals surface area contributed by atoms with Gasteiger partial charge in [-0.1, -0.05) is 0 Å². The molecule has 190 valence electrons. The van der Waals surface area contributed by atoms with E-state index < -0.39 is 17.5 Å². The fraction of sp³-hybridized carbons (Fsp3) is 0.480. The Morgan fingerprint density at radius 3 is 2.83 bits per heavy atom. The normalized spacial score (nSPS) is 20.4. The molecule has 2 N–H and O–H groups in total. The van der Waals surface area contributed by atoms with Crippen LogP contribution in [0.4, 0.5) is 19.8 Å². The van der Waals surface area contributed by atoms with Gasteiger partial charge in [-0.2, -0.15) is 0 Å². The molecule has 0 radical (unpaired) electrons. The summed E-state index contributed by atoms with van der Waals surface area (Å²) in [5.41, 5.74) is 0.882. The van der Waals surface area contributed by atoms with E-state index in [1.165, 1.54) is 12.3 Å². The summed E-state index contributed by atoms with van der Waals surface area (Å²) < 4.78 is 22.3. The number of alkyl carbamates (subject to hydrolysis) is 1. The van der Waals surface area contributed by atoms with E-state index in [-0.39, 0.29) is 23.8 Å². The van der Waals surface area contributed by atoms with Crippen molar-refractivity contribution in [1.82, 2.24) is 30.2 Å². The lowest BCUT2D eigenvalue weighted by Crippen LogP contribution is -2.41. The molecule has 1 saturated carbocycles. The molecule has 4 heterocycles.